The number of rotatable bonds is 68. The van der Waals surface area contributed by atoms with Gasteiger partial charge < -0.3 is 45.1 Å². The lowest BCUT2D eigenvalue weighted by atomic mass is 9.99. The number of hydrogen-bond donors (Lipinski definition) is 6. The van der Waals surface area contributed by atoms with Crippen LogP contribution in [0.1, 0.15) is 380 Å². The van der Waals surface area contributed by atoms with Crippen molar-refractivity contribution in [3.8, 4) is 0 Å². The second-order valence-corrected chi connectivity index (χ2v) is 27.1. The summed E-state index contributed by atoms with van der Waals surface area (Å²) in [5.74, 6) is -1.18. The first kappa shape index (κ1) is 85.6. The zero-order valence-electron chi connectivity index (χ0n) is 59.0. The van der Waals surface area contributed by atoms with Crippen molar-refractivity contribution in [3.05, 3.63) is 48.6 Å². The molecule has 1 fully saturated rings. The van der Waals surface area contributed by atoms with E-state index in [0.717, 1.165) is 64.2 Å². The normalized spacial score (nSPS) is 18.2. The minimum atomic E-state index is -1.61. The summed E-state index contributed by atoms with van der Waals surface area (Å²) >= 11 is 0. The van der Waals surface area contributed by atoms with E-state index in [1.165, 1.54) is 270 Å². The number of allylic oxidation sites excluding steroid dienone is 7. The van der Waals surface area contributed by atoms with Crippen LogP contribution >= 0.6 is 0 Å². The number of carbonyl (C=O) groups excluding carboxylic acids is 2. The largest absolute Gasteiger partial charge is 0.454 e. The molecule has 1 amide bonds. The highest BCUT2D eigenvalue weighted by Gasteiger charge is 2.47. The van der Waals surface area contributed by atoms with E-state index in [9.17, 15) is 35.1 Å². The van der Waals surface area contributed by atoms with Gasteiger partial charge in [0.25, 0.3) is 0 Å². The van der Waals surface area contributed by atoms with Gasteiger partial charge in [-0.3, -0.25) is 9.59 Å². The molecule has 0 spiro atoms. The van der Waals surface area contributed by atoms with Crippen LogP contribution in [0.3, 0.4) is 0 Å². The lowest BCUT2D eigenvalue weighted by Crippen LogP contribution is -2.61. The summed E-state index contributed by atoms with van der Waals surface area (Å²) < 4.78 is 17.7. The molecule has 0 aromatic rings. The Morgan fingerprint density at radius 3 is 1.17 bits per heavy atom. The van der Waals surface area contributed by atoms with Gasteiger partial charge in [-0.1, -0.05) is 339 Å². The van der Waals surface area contributed by atoms with E-state index in [-0.39, 0.29) is 13.0 Å². The Bertz CT molecular complexity index is 1650. The lowest BCUT2D eigenvalue weighted by molar-refractivity contribution is -0.305. The van der Waals surface area contributed by atoms with Crippen LogP contribution < -0.4 is 5.32 Å². The standard InChI is InChI=1S/C79H147NO10/c1-4-7-10-13-16-19-22-25-27-29-31-33-35-36-37-38-39-41-43-45-47-49-52-55-58-61-64-67-74(84)90-77-76(86)75(85)73(68-81)89-79(77)88-69-70(71(82)65-62-59-56-53-50-24-21-18-15-12-9-6-3)80-78(87)72(83)66-63-60-57-54-51-48-46-44-42-40-34-32-30-28-26-23-20-17-14-11-8-5-2/h17,20,25-28,62,65,70-73,75-77,79,81-83,85-86H,4-16,18-19,21-24,29-61,63-64,66-69H2,1-3H3,(H,80,87)/b20-17-,27-25+,28-26-,65-62+. The van der Waals surface area contributed by atoms with E-state index in [1.54, 1.807) is 6.08 Å². The fraction of sp³-hybridized carbons (Fsp3) is 0.873. The first-order valence-electron chi connectivity index (χ1n) is 38.9. The van der Waals surface area contributed by atoms with Gasteiger partial charge in [-0.05, 0) is 83.5 Å². The Balaban J connectivity index is 2.49. The molecule has 11 heteroatoms. The molecule has 0 aliphatic carbocycles. The zero-order chi connectivity index (χ0) is 65.3. The molecular weight excluding hydrogens is 1120 g/mol. The number of nitrogens with one attached hydrogen (secondary N) is 1. The second-order valence-electron chi connectivity index (χ2n) is 27.1. The monoisotopic (exact) mass is 1270 g/mol. The molecule has 0 saturated carbocycles. The van der Waals surface area contributed by atoms with Crippen LogP contribution in [0.25, 0.3) is 0 Å². The van der Waals surface area contributed by atoms with Crippen LogP contribution in [-0.2, 0) is 23.8 Å². The summed E-state index contributed by atoms with van der Waals surface area (Å²) in [4.78, 5) is 26.7. The van der Waals surface area contributed by atoms with Crippen LogP contribution in [0, 0.1) is 0 Å². The summed E-state index contributed by atoms with van der Waals surface area (Å²) in [6.45, 7) is 5.82. The Labute approximate surface area is 555 Å². The van der Waals surface area contributed by atoms with Crippen LogP contribution in [0.5, 0.6) is 0 Å². The number of amides is 1. The molecule has 0 aromatic carbocycles. The molecule has 8 atom stereocenters. The predicted octanol–water partition coefficient (Wildman–Crippen LogP) is 20.7. The molecule has 528 valence electrons. The second kappa shape index (κ2) is 66.6. The molecular formula is C79H147NO10. The van der Waals surface area contributed by atoms with Gasteiger partial charge in [0, 0.05) is 6.42 Å². The van der Waals surface area contributed by atoms with Gasteiger partial charge >= 0.3 is 5.97 Å². The van der Waals surface area contributed by atoms with E-state index in [4.69, 9.17) is 14.2 Å². The first-order valence-corrected chi connectivity index (χ1v) is 38.9. The third-order valence-corrected chi connectivity index (χ3v) is 18.5. The average molecular weight is 1270 g/mol. The lowest BCUT2D eigenvalue weighted by Gasteiger charge is -2.41. The maximum absolute atomic E-state index is 13.5. The van der Waals surface area contributed by atoms with Crippen LogP contribution in [0.15, 0.2) is 48.6 Å². The van der Waals surface area contributed by atoms with Crippen LogP contribution in [0.4, 0.5) is 0 Å². The average Bonchev–Trinajstić information content (AvgIpc) is 1.14. The maximum atomic E-state index is 13.5. The Morgan fingerprint density at radius 1 is 0.433 bits per heavy atom. The first-order chi connectivity index (χ1) is 44.2. The summed E-state index contributed by atoms with van der Waals surface area (Å²) in [6, 6.07) is -1.02. The van der Waals surface area contributed by atoms with Gasteiger partial charge in [0.1, 0.15) is 24.4 Å². The fourth-order valence-electron chi connectivity index (χ4n) is 12.3. The molecule has 1 aliphatic heterocycles. The molecule has 90 heavy (non-hydrogen) atoms. The zero-order valence-corrected chi connectivity index (χ0v) is 59.0. The number of hydrogen-bond acceptors (Lipinski definition) is 10. The highest BCUT2D eigenvalue weighted by Crippen LogP contribution is 2.27. The molecule has 8 unspecified atom stereocenters. The van der Waals surface area contributed by atoms with Crippen molar-refractivity contribution in [2.45, 2.75) is 429 Å². The molecule has 0 radical (unpaired) electrons. The van der Waals surface area contributed by atoms with Crippen LogP contribution in [-0.4, -0.2) is 99.6 Å². The predicted molar refractivity (Wildman–Crippen MR) is 380 cm³/mol. The van der Waals surface area contributed by atoms with E-state index >= 15 is 0 Å². The van der Waals surface area contributed by atoms with Crippen LogP contribution in [0.2, 0.25) is 0 Å². The maximum Gasteiger partial charge on any atom is 0.306 e. The summed E-state index contributed by atoms with van der Waals surface area (Å²) in [5.41, 5.74) is 0. The SMILES string of the molecule is CCCCC/C=C\C/C=C\CCCCCCCCCCCCCCC(O)C(=O)NC(COC1OC(CO)C(O)C(O)C1OC(=O)CCCCCCCCCCCCCCCCCCC/C=C/CCCCCCCC)C(O)/C=C/CCCCCCCCCCCC. The van der Waals surface area contributed by atoms with E-state index in [1.807, 2.05) is 6.08 Å². The summed E-state index contributed by atoms with van der Waals surface area (Å²) in [5, 5.41) is 57.4. The third kappa shape index (κ3) is 52.9. The minimum Gasteiger partial charge on any atom is -0.454 e. The van der Waals surface area contributed by atoms with Crippen molar-refractivity contribution >= 4 is 11.9 Å². The third-order valence-electron chi connectivity index (χ3n) is 18.5. The Kier molecular flexibility index (Phi) is 63.4. The van der Waals surface area contributed by atoms with Gasteiger partial charge in [-0.15, -0.1) is 0 Å². The van der Waals surface area contributed by atoms with Gasteiger partial charge in [0.05, 0.1) is 25.4 Å². The molecule has 0 bridgehead atoms. The quantitative estimate of drug-likeness (QED) is 0.0195. The molecule has 6 N–H and O–H groups in total. The fourth-order valence-corrected chi connectivity index (χ4v) is 12.3. The highest BCUT2D eigenvalue weighted by atomic mass is 16.7. The van der Waals surface area contributed by atoms with Gasteiger partial charge in [-0.25, -0.2) is 0 Å². The van der Waals surface area contributed by atoms with Crippen molar-refractivity contribution in [2.75, 3.05) is 13.2 Å². The van der Waals surface area contributed by atoms with Gasteiger partial charge in [0.2, 0.25) is 5.91 Å². The minimum absolute atomic E-state index is 0.128. The molecule has 1 aliphatic rings. The van der Waals surface area contributed by atoms with E-state index in [2.05, 4.69) is 62.5 Å². The van der Waals surface area contributed by atoms with Crippen molar-refractivity contribution in [3.63, 3.8) is 0 Å². The van der Waals surface area contributed by atoms with Gasteiger partial charge in [0.15, 0.2) is 12.4 Å². The number of ether oxygens (including phenoxy) is 3. The molecule has 0 aromatic heterocycles. The van der Waals surface area contributed by atoms with Crippen molar-refractivity contribution < 1.29 is 49.3 Å². The van der Waals surface area contributed by atoms with Crippen molar-refractivity contribution in [1.29, 1.82) is 0 Å². The number of carbonyl (C=O) groups is 2. The summed E-state index contributed by atoms with van der Waals surface area (Å²) in [6.07, 6.45) is 74.5. The van der Waals surface area contributed by atoms with Crippen molar-refractivity contribution in [1.82, 2.24) is 5.32 Å². The molecule has 1 rings (SSSR count). The number of esters is 1. The van der Waals surface area contributed by atoms with E-state index < -0.39 is 67.4 Å². The number of aliphatic hydroxyl groups is 5. The Hall–Kier alpha value is -2.38. The number of unbranched alkanes of at least 4 members (excludes halogenated alkanes) is 48. The van der Waals surface area contributed by atoms with Crippen molar-refractivity contribution in [2.24, 2.45) is 0 Å². The highest BCUT2D eigenvalue weighted by molar-refractivity contribution is 5.80. The molecule has 11 nitrogen and oxygen atoms in total. The molecule has 1 saturated heterocycles. The topological polar surface area (TPSA) is 175 Å². The smallest absolute Gasteiger partial charge is 0.306 e. The number of aliphatic hydroxyl groups excluding tert-OH is 5. The molecule has 1 heterocycles. The van der Waals surface area contributed by atoms with E-state index in [0.29, 0.717) is 19.3 Å². The Morgan fingerprint density at radius 2 is 0.767 bits per heavy atom. The van der Waals surface area contributed by atoms with Gasteiger partial charge in [-0.2, -0.15) is 0 Å². The summed E-state index contributed by atoms with van der Waals surface area (Å²) in [7, 11) is 0.